The first-order valence-electron chi connectivity index (χ1n) is 5.38. The van der Waals surface area contributed by atoms with Crippen molar-refractivity contribution in [2.45, 2.75) is 58.8 Å². The summed E-state index contributed by atoms with van der Waals surface area (Å²) in [5.74, 6) is 0. The molecule has 0 saturated heterocycles. The van der Waals surface area contributed by atoms with Crippen LogP contribution in [0.1, 0.15) is 58.8 Å². The molecule has 0 aromatic heterocycles. The fourth-order valence-corrected chi connectivity index (χ4v) is 1.16. The van der Waals surface area contributed by atoms with Crippen LogP contribution in [0.15, 0.2) is 12.2 Å². The summed E-state index contributed by atoms with van der Waals surface area (Å²) in [5, 5.41) is 0. The Balaban J connectivity index is 2.90. The molecular weight excluding hydrogens is 144 g/mol. The van der Waals surface area contributed by atoms with Crippen molar-refractivity contribution in [3.8, 4) is 0 Å². The molecule has 0 saturated carbocycles. The standard InChI is InChI=1S/C12H23/c1-3-5-7-9-11-12-10-8-6-4-2/h5,8,10H,3-4,6-7,9,11-12H2,1-2H3/b10-8+. The van der Waals surface area contributed by atoms with Crippen LogP contribution in [0.4, 0.5) is 0 Å². The predicted molar refractivity (Wildman–Crippen MR) is 57.1 cm³/mol. The summed E-state index contributed by atoms with van der Waals surface area (Å²) in [7, 11) is 0. The largest absolute Gasteiger partial charge is 0.0885 e. The van der Waals surface area contributed by atoms with Crippen molar-refractivity contribution in [3.63, 3.8) is 0 Å². The number of hydrogen-bond donors (Lipinski definition) is 0. The maximum absolute atomic E-state index is 2.37. The quantitative estimate of drug-likeness (QED) is 0.368. The van der Waals surface area contributed by atoms with Gasteiger partial charge in [-0.05, 0) is 25.7 Å². The molecule has 0 atom stereocenters. The average molecular weight is 167 g/mol. The normalized spacial score (nSPS) is 11.2. The van der Waals surface area contributed by atoms with Crippen molar-refractivity contribution < 1.29 is 0 Å². The van der Waals surface area contributed by atoms with Gasteiger partial charge < -0.3 is 0 Å². The molecular formula is C12H23. The van der Waals surface area contributed by atoms with Crippen LogP contribution in [0.25, 0.3) is 0 Å². The maximum atomic E-state index is 2.37. The van der Waals surface area contributed by atoms with E-state index in [4.69, 9.17) is 0 Å². The first-order chi connectivity index (χ1) is 5.91. The van der Waals surface area contributed by atoms with Crippen LogP contribution < -0.4 is 0 Å². The van der Waals surface area contributed by atoms with E-state index < -0.39 is 0 Å². The summed E-state index contributed by atoms with van der Waals surface area (Å²) in [4.78, 5) is 0. The van der Waals surface area contributed by atoms with E-state index in [-0.39, 0.29) is 0 Å². The molecule has 12 heavy (non-hydrogen) atoms. The Morgan fingerprint density at radius 3 is 2.17 bits per heavy atom. The van der Waals surface area contributed by atoms with Crippen LogP contribution in [0.5, 0.6) is 0 Å². The van der Waals surface area contributed by atoms with Gasteiger partial charge in [0.05, 0.1) is 0 Å². The molecule has 1 radical (unpaired) electrons. The monoisotopic (exact) mass is 167 g/mol. The Kier molecular flexibility index (Phi) is 10.5. The molecule has 0 N–H and O–H groups in total. The zero-order valence-electron chi connectivity index (χ0n) is 8.68. The lowest BCUT2D eigenvalue weighted by Crippen LogP contribution is -1.76. The Bertz CT molecular complexity index is 92.2. The molecule has 0 unspecified atom stereocenters. The third-order valence-corrected chi connectivity index (χ3v) is 1.94. The molecule has 0 aliphatic rings. The van der Waals surface area contributed by atoms with Gasteiger partial charge in [-0.2, -0.15) is 0 Å². The average Bonchev–Trinajstić information content (AvgIpc) is 2.10. The van der Waals surface area contributed by atoms with Crippen LogP contribution in [0, 0.1) is 6.42 Å². The van der Waals surface area contributed by atoms with E-state index in [9.17, 15) is 0 Å². The van der Waals surface area contributed by atoms with E-state index in [2.05, 4.69) is 32.4 Å². The molecule has 0 bridgehead atoms. The van der Waals surface area contributed by atoms with E-state index >= 15 is 0 Å². The van der Waals surface area contributed by atoms with E-state index in [1.54, 1.807) is 0 Å². The summed E-state index contributed by atoms with van der Waals surface area (Å²) in [6, 6.07) is 0. The molecule has 0 fully saturated rings. The Morgan fingerprint density at radius 2 is 1.50 bits per heavy atom. The van der Waals surface area contributed by atoms with Gasteiger partial charge in [0.1, 0.15) is 0 Å². The van der Waals surface area contributed by atoms with Gasteiger partial charge in [0.25, 0.3) is 0 Å². The summed E-state index contributed by atoms with van der Waals surface area (Å²) in [6.45, 7) is 4.43. The fourth-order valence-electron chi connectivity index (χ4n) is 1.16. The van der Waals surface area contributed by atoms with Crippen LogP contribution in [-0.2, 0) is 0 Å². The molecule has 0 amide bonds. The van der Waals surface area contributed by atoms with Crippen LogP contribution >= 0.6 is 0 Å². The second-order valence-corrected chi connectivity index (χ2v) is 3.24. The van der Waals surface area contributed by atoms with E-state index in [0.717, 1.165) is 0 Å². The third-order valence-electron chi connectivity index (χ3n) is 1.94. The first kappa shape index (κ1) is 11.7. The first-order valence-corrected chi connectivity index (χ1v) is 5.38. The molecule has 0 aromatic carbocycles. The topological polar surface area (TPSA) is 0 Å². The minimum atomic E-state index is 1.23. The van der Waals surface area contributed by atoms with E-state index in [1.807, 2.05) is 0 Å². The summed E-state index contributed by atoms with van der Waals surface area (Å²) in [6.07, 6.45) is 16.1. The maximum Gasteiger partial charge on any atom is -0.0351 e. The lowest BCUT2D eigenvalue weighted by atomic mass is 10.1. The molecule has 71 valence electrons. The van der Waals surface area contributed by atoms with Crippen molar-refractivity contribution in [3.05, 3.63) is 18.6 Å². The Labute approximate surface area is 78.1 Å². The highest BCUT2D eigenvalue weighted by molar-refractivity contribution is 4.80. The molecule has 0 rings (SSSR count). The van der Waals surface area contributed by atoms with Crippen LogP contribution in [0.3, 0.4) is 0 Å². The minimum absolute atomic E-state index is 1.23. The molecule has 0 nitrogen and oxygen atoms in total. The number of allylic oxidation sites excluding steroid dienone is 2. The molecule has 0 aliphatic heterocycles. The number of unbranched alkanes of at least 4 members (excludes halogenated alkanes) is 6. The highest BCUT2D eigenvalue weighted by Gasteiger charge is 1.85. The van der Waals surface area contributed by atoms with Crippen molar-refractivity contribution in [1.82, 2.24) is 0 Å². The van der Waals surface area contributed by atoms with Gasteiger partial charge in [0.2, 0.25) is 0 Å². The Morgan fingerprint density at radius 1 is 0.833 bits per heavy atom. The van der Waals surface area contributed by atoms with Gasteiger partial charge >= 0.3 is 0 Å². The second kappa shape index (κ2) is 10.7. The SMILES string of the molecule is CC[CH]CCCC/C=C/CCC. The smallest absolute Gasteiger partial charge is 0.0351 e. The zero-order valence-corrected chi connectivity index (χ0v) is 8.68. The molecule has 0 heterocycles. The molecule has 0 heteroatoms. The zero-order chi connectivity index (χ0) is 9.07. The molecule has 0 aliphatic carbocycles. The van der Waals surface area contributed by atoms with Gasteiger partial charge in [0, 0.05) is 0 Å². The lowest BCUT2D eigenvalue weighted by molar-refractivity contribution is 0.722. The Hall–Kier alpha value is -0.260. The molecule has 0 aromatic rings. The van der Waals surface area contributed by atoms with Gasteiger partial charge in [0.15, 0.2) is 0 Å². The van der Waals surface area contributed by atoms with E-state index in [0.29, 0.717) is 0 Å². The van der Waals surface area contributed by atoms with Gasteiger partial charge in [-0.3, -0.25) is 0 Å². The van der Waals surface area contributed by atoms with Crippen LogP contribution in [-0.4, -0.2) is 0 Å². The van der Waals surface area contributed by atoms with Crippen molar-refractivity contribution in [2.75, 3.05) is 0 Å². The van der Waals surface area contributed by atoms with Gasteiger partial charge in [-0.1, -0.05) is 51.7 Å². The highest BCUT2D eigenvalue weighted by atomic mass is 13.9. The highest BCUT2D eigenvalue weighted by Crippen LogP contribution is 2.04. The number of rotatable bonds is 8. The second-order valence-electron chi connectivity index (χ2n) is 3.24. The van der Waals surface area contributed by atoms with Crippen molar-refractivity contribution in [1.29, 1.82) is 0 Å². The van der Waals surface area contributed by atoms with Crippen LogP contribution in [0.2, 0.25) is 0 Å². The molecule has 0 spiro atoms. The third kappa shape index (κ3) is 9.74. The predicted octanol–water partition coefficient (Wildman–Crippen LogP) is 4.52. The fraction of sp³-hybridized carbons (Fsp3) is 0.750. The summed E-state index contributed by atoms with van der Waals surface area (Å²) >= 11 is 0. The van der Waals surface area contributed by atoms with Crippen molar-refractivity contribution in [2.24, 2.45) is 0 Å². The summed E-state index contributed by atoms with van der Waals surface area (Å²) in [5.41, 5.74) is 0. The van der Waals surface area contributed by atoms with Gasteiger partial charge in [-0.25, -0.2) is 0 Å². The minimum Gasteiger partial charge on any atom is -0.0885 e. The summed E-state index contributed by atoms with van der Waals surface area (Å²) < 4.78 is 0. The lowest BCUT2D eigenvalue weighted by Gasteiger charge is -1.95. The van der Waals surface area contributed by atoms with E-state index in [1.165, 1.54) is 44.9 Å². The van der Waals surface area contributed by atoms with Gasteiger partial charge in [-0.15, -0.1) is 0 Å². The van der Waals surface area contributed by atoms with Crippen molar-refractivity contribution >= 4 is 0 Å². The number of hydrogen-bond acceptors (Lipinski definition) is 0.